The van der Waals surface area contributed by atoms with Crippen LogP contribution in [-0.4, -0.2) is 35.5 Å². The zero-order valence-corrected chi connectivity index (χ0v) is 14.8. The van der Waals surface area contributed by atoms with Gasteiger partial charge in [0.2, 0.25) is 5.76 Å². The molecule has 0 atom stereocenters. The molecule has 1 amide bonds. The van der Waals surface area contributed by atoms with Gasteiger partial charge in [-0.2, -0.15) is 0 Å². The van der Waals surface area contributed by atoms with E-state index in [0.29, 0.717) is 11.3 Å². The first-order valence-electron chi connectivity index (χ1n) is 8.13. The average molecular weight is 347 g/mol. The van der Waals surface area contributed by atoms with Crippen molar-refractivity contribution < 1.29 is 23.1 Å². The van der Waals surface area contributed by atoms with E-state index in [-0.39, 0.29) is 36.2 Å². The monoisotopic (exact) mass is 347 g/mol. The van der Waals surface area contributed by atoms with Crippen molar-refractivity contribution in [3.8, 4) is 11.3 Å². The van der Waals surface area contributed by atoms with Gasteiger partial charge in [-0.1, -0.05) is 0 Å². The predicted molar refractivity (Wildman–Crippen MR) is 91.5 cm³/mol. The quantitative estimate of drug-likeness (QED) is 0.744. The van der Waals surface area contributed by atoms with Crippen LogP contribution in [0.4, 0.5) is 4.39 Å². The highest BCUT2D eigenvalue weighted by Gasteiger charge is 2.22. The average Bonchev–Trinajstić information content (AvgIpc) is 3.02. The van der Waals surface area contributed by atoms with Crippen LogP contribution in [0.5, 0.6) is 0 Å². The van der Waals surface area contributed by atoms with Crippen molar-refractivity contribution in [2.45, 2.75) is 39.8 Å². The maximum Gasteiger partial charge on any atom is 0.374 e. The number of hydrogen-bond acceptors (Lipinski definition) is 4. The molecule has 6 heteroatoms. The van der Waals surface area contributed by atoms with Crippen LogP contribution in [0, 0.1) is 5.82 Å². The van der Waals surface area contributed by atoms with Crippen molar-refractivity contribution in [3.63, 3.8) is 0 Å². The minimum absolute atomic E-state index is 0.00670. The molecule has 0 aliphatic heterocycles. The summed E-state index contributed by atoms with van der Waals surface area (Å²) in [6.45, 7) is 7.27. The summed E-state index contributed by atoms with van der Waals surface area (Å²) >= 11 is 0. The summed E-state index contributed by atoms with van der Waals surface area (Å²) in [5.74, 6) is -0.914. The van der Waals surface area contributed by atoms with Crippen molar-refractivity contribution in [3.05, 3.63) is 48.0 Å². The fourth-order valence-corrected chi connectivity index (χ4v) is 2.66. The molecule has 25 heavy (non-hydrogen) atoms. The van der Waals surface area contributed by atoms with E-state index >= 15 is 0 Å². The largest absolute Gasteiger partial charge is 0.450 e. The molecule has 0 unspecified atom stereocenters. The number of benzene rings is 1. The molecular weight excluding hydrogens is 325 g/mol. The van der Waals surface area contributed by atoms with E-state index in [9.17, 15) is 14.0 Å². The summed E-state index contributed by atoms with van der Waals surface area (Å²) in [5, 5.41) is 0. The zero-order chi connectivity index (χ0) is 18.6. The lowest BCUT2D eigenvalue weighted by Crippen LogP contribution is -2.44. The maximum absolute atomic E-state index is 12.9. The lowest BCUT2D eigenvalue weighted by Gasteiger charge is -2.30. The molecule has 0 aliphatic rings. The molecule has 1 heterocycles. The van der Waals surface area contributed by atoms with Gasteiger partial charge in [0.15, 0.2) is 6.61 Å². The van der Waals surface area contributed by atoms with Crippen LogP contribution >= 0.6 is 0 Å². The topological polar surface area (TPSA) is 59.8 Å². The van der Waals surface area contributed by atoms with Crippen molar-refractivity contribution in [1.29, 1.82) is 0 Å². The molecule has 5 nitrogen and oxygen atoms in total. The van der Waals surface area contributed by atoms with Crippen LogP contribution in [0.15, 0.2) is 40.8 Å². The van der Waals surface area contributed by atoms with Crippen LogP contribution in [0.1, 0.15) is 38.2 Å². The Hall–Kier alpha value is -2.63. The molecule has 2 aromatic rings. The third-order valence-electron chi connectivity index (χ3n) is 3.66. The van der Waals surface area contributed by atoms with Crippen LogP contribution in [-0.2, 0) is 9.53 Å². The highest BCUT2D eigenvalue weighted by atomic mass is 19.1. The Kier molecular flexibility index (Phi) is 5.96. The van der Waals surface area contributed by atoms with Gasteiger partial charge in [-0.15, -0.1) is 0 Å². The summed E-state index contributed by atoms with van der Waals surface area (Å²) in [6.07, 6.45) is 0. The van der Waals surface area contributed by atoms with Gasteiger partial charge in [0.1, 0.15) is 11.6 Å². The minimum Gasteiger partial charge on any atom is -0.450 e. The van der Waals surface area contributed by atoms with Gasteiger partial charge < -0.3 is 14.1 Å². The molecule has 1 aromatic carbocycles. The molecular formula is C19H22FNO4. The number of amides is 1. The maximum atomic E-state index is 12.9. The number of halogens is 1. The molecule has 0 saturated heterocycles. The van der Waals surface area contributed by atoms with E-state index in [0.717, 1.165) is 0 Å². The van der Waals surface area contributed by atoms with E-state index in [1.54, 1.807) is 23.1 Å². The number of ether oxygens (including phenoxy) is 1. The minimum atomic E-state index is -0.714. The molecule has 0 N–H and O–H groups in total. The molecule has 0 spiro atoms. The molecule has 0 saturated carbocycles. The predicted octanol–water partition coefficient (Wildman–Crippen LogP) is 3.89. The standard InChI is InChI=1S/C19H22FNO4/c1-12(2)21(13(3)4)18(22)11-24-19(23)17-10-9-16(25-17)14-5-7-15(20)8-6-14/h5-10,12-13H,11H2,1-4H3. The van der Waals surface area contributed by atoms with Crippen LogP contribution in [0.3, 0.4) is 0 Å². The molecule has 0 fully saturated rings. The van der Waals surface area contributed by atoms with E-state index in [1.807, 2.05) is 27.7 Å². The molecule has 1 aromatic heterocycles. The highest BCUT2D eigenvalue weighted by molar-refractivity contribution is 5.89. The van der Waals surface area contributed by atoms with Crippen molar-refractivity contribution in [2.75, 3.05) is 6.61 Å². The van der Waals surface area contributed by atoms with Gasteiger partial charge in [-0.25, -0.2) is 9.18 Å². The van der Waals surface area contributed by atoms with E-state index in [1.165, 1.54) is 18.2 Å². The van der Waals surface area contributed by atoms with E-state index < -0.39 is 5.97 Å². The first-order valence-corrected chi connectivity index (χ1v) is 8.13. The molecule has 0 aliphatic carbocycles. The van der Waals surface area contributed by atoms with Gasteiger partial charge in [-0.05, 0) is 64.1 Å². The first kappa shape index (κ1) is 18.7. The third kappa shape index (κ3) is 4.68. The Balaban J connectivity index is 2.00. The van der Waals surface area contributed by atoms with Crippen LogP contribution in [0.25, 0.3) is 11.3 Å². The van der Waals surface area contributed by atoms with Gasteiger partial charge in [0, 0.05) is 17.6 Å². The van der Waals surface area contributed by atoms with E-state index in [2.05, 4.69) is 0 Å². The lowest BCUT2D eigenvalue weighted by molar-refractivity contribution is -0.138. The summed E-state index contributed by atoms with van der Waals surface area (Å²) in [5.41, 5.74) is 0.641. The summed E-state index contributed by atoms with van der Waals surface area (Å²) in [4.78, 5) is 25.9. The Morgan fingerprint density at radius 2 is 1.64 bits per heavy atom. The summed E-state index contributed by atoms with van der Waals surface area (Å²) < 4.78 is 23.4. The van der Waals surface area contributed by atoms with Crippen LogP contribution < -0.4 is 0 Å². The van der Waals surface area contributed by atoms with Gasteiger partial charge >= 0.3 is 5.97 Å². The number of hydrogen-bond donors (Lipinski definition) is 0. The van der Waals surface area contributed by atoms with Crippen molar-refractivity contribution in [2.24, 2.45) is 0 Å². The fourth-order valence-electron chi connectivity index (χ4n) is 2.66. The molecule has 0 radical (unpaired) electrons. The SMILES string of the molecule is CC(C)N(C(=O)COC(=O)c1ccc(-c2ccc(F)cc2)o1)C(C)C. The second-order valence-corrected chi connectivity index (χ2v) is 6.24. The number of nitrogens with zero attached hydrogens (tertiary/aromatic N) is 1. The van der Waals surface area contributed by atoms with Gasteiger partial charge in [-0.3, -0.25) is 4.79 Å². The Labute approximate surface area is 146 Å². The fraction of sp³-hybridized carbons (Fsp3) is 0.368. The smallest absolute Gasteiger partial charge is 0.374 e. The Bertz CT molecular complexity index is 726. The van der Waals surface area contributed by atoms with Gasteiger partial charge in [0.25, 0.3) is 5.91 Å². The number of carbonyl (C=O) groups is 2. The highest BCUT2D eigenvalue weighted by Crippen LogP contribution is 2.22. The number of esters is 1. The Morgan fingerprint density at radius 3 is 2.20 bits per heavy atom. The van der Waals surface area contributed by atoms with Crippen molar-refractivity contribution in [1.82, 2.24) is 4.90 Å². The molecule has 0 bridgehead atoms. The third-order valence-corrected chi connectivity index (χ3v) is 3.66. The second kappa shape index (κ2) is 7.96. The number of furan rings is 1. The second-order valence-electron chi connectivity index (χ2n) is 6.24. The summed E-state index contributed by atoms with van der Waals surface area (Å²) in [7, 11) is 0. The first-order chi connectivity index (χ1) is 11.8. The number of carbonyl (C=O) groups excluding carboxylic acids is 2. The van der Waals surface area contributed by atoms with Gasteiger partial charge in [0.05, 0.1) is 0 Å². The molecule has 2 rings (SSSR count). The van der Waals surface area contributed by atoms with Crippen molar-refractivity contribution >= 4 is 11.9 Å². The zero-order valence-electron chi connectivity index (χ0n) is 14.8. The summed E-state index contributed by atoms with van der Waals surface area (Å²) in [6, 6.07) is 8.81. The van der Waals surface area contributed by atoms with E-state index in [4.69, 9.17) is 9.15 Å². The normalized spacial score (nSPS) is 11.0. The lowest BCUT2D eigenvalue weighted by atomic mass is 10.2. The Morgan fingerprint density at radius 1 is 1.04 bits per heavy atom. The van der Waals surface area contributed by atoms with Crippen LogP contribution in [0.2, 0.25) is 0 Å². The number of rotatable bonds is 6. The molecule has 134 valence electrons.